The Morgan fingerprint density at radius 3 is 2.24 bits per heavy atom. The van der Waals surface area contributed by atoms with Gasteiger partial charge in [-0.15, -0.1) is 0 Å². The van der Waals surface area contributed by atoms with Gasteiger partial charge in [0.1, 0.15) is 6.04 Å². The first-order valence-corrected chi connectivity index (χ1v) is 10.9. The fourth-order valence-electron chi connectivity index (χ4n) is 2.53. The van der Waals surface area contributed by atoms with E-state index in [0.717, 1.165) is 4.90 Å². The Balaban J connectivity index is 2.65. The molecule has 0 aliphatic rings. The molecule has 4 amide bonds. The number of benzene rings is 1. The zero-order valence-corrected chi connectivity index (χ0v) is 18.9. The van der Waals surface area contributed by atoms with Crippen LogP contribution >= 0.6 is 11.8 Å². The molecule has 0 aliphatic heterocycles. The van der Waals surface area contributed by atoms with Crippen LogP contribution < -0.4 is 21.3 Å². The third-order valence-corrected chi connectivity index (χ3v) is 4.90. The highest BCUT2D eigenvalue weighted by Gasteiger charge is 2.22. The molecule has 12 nitrogen and oxygen atoms in total. The highest BCUT2D eigenvalue weighted by molar-refractivity contribution is 8.02. The molecule has 1 aromatic rings. The molecule has 0 heterocycles. The summed E-state index contributed by atoms with van der Waals surface area (Å²) in [6.45, 7) is -0.939. The average Bonchev–Trinajstić information content (AvgIpc) is 2.78. The van der Waals surface area contributed by atoms with E-state index >= 15 is 0 Å². The molecule has 0 aromatic heterocycles. The van der Waals surface area contributed by atoms with E-state index in [1.807, 2.05) is 30.3 Å². The van der Waals surface area contributed by atoms with Crippen LogP contribution in [0.3, 0.4) is 0 Å². The van der Waals surface area contributed by atoms with Crippen LogP contribution in [0.2, 0.25) is 0 Å². The normalized spacial score (nSPS) is 12.2. The Bertz CT molecular complexity index is 894. The molecule has 34 heavy (non-hydrogen) atoms. The molecule has 0 fully saturated rings. The van der Waals surface area contributed by atoms with Gasteiger partial charge >= 0.3 is 11.9 Å². The lowest BCUT2D eigenvalue weighted by Gasteiger charge is -2.18. The fourth-order valence-corrected chi connectivity index (χ4v) is 3.27. The van der Waals surface area contributed by atoms with E-state index < -0.39 is 61.3 Å². The number of carboxylic acid groups (broad SMARTS) is 2. The van der Waals surface area contributed by atoms with Crippen molar-refractivity contribution in [2.75, 3.05) is 13.1 Å². The van der Waals surface area contributed by atoms with Crippen LogP contribution in [0.4, 0.5) is 0 Å². The van der Waals surface area contributed by atoms with Gasteiger partial charge in [0, 0.05) is 11.3 Å². The molecule has 0 aliphatic carbocycles. The van der Waals surface area contributed by atoms with Crippen molar-refractivity contribution in [3.63, 3.8) is 0 Å². The van der Waals surface area contributed by atoms with E-state index in [-0.39, 0.29) is 19.3 Å². The van der Waals surface area contributed by atoms with Crippen molar-refractivity contribution < 1.29 is 39.0 Å². The standard InChI is InChI=1S/C21H26N4O8S/c26-13-22-11-17(27)25-16(6-7-19(29)30)21(33)23-12-18(28)24-14(10-20(31)32)8-9-34-15-4-2-1-3-5-15/h1-5,8-9,13-14,16H,6-7,10-12H2,(H,22,26)(H,23,33)(H,24,28)(H,25,27)(H,29,30)(H,31,32)/b9-8+. The van der Waals surface area contributed by atoms with Gasteiger partial charge in [-0.2, -0.15) is 0 Å². The Labute approximate surface area is 199 Å². The van der Waals surface area contributed by atoms with Gasteiger partial charge in [0.15, 0.2) is 0 Å². The second-order valence-electron chi connectivity index (χ2n) is 6.80. The summed E-state index contributed by atoms with van der Waals surface area (Å²) in [6, 6.07) is 7.20. The molecule has 0 bridgehead atoms. The van der Waals surface area contributed by atoms with Gasteiger partial charge in [0.2, 0.25) is 24.1 Å². The number of hydrogen-bond donors (Lipinski definition) is 6. The molecule has 2 unspecified atom stereocenters. The monoisotopic (exact) mass is 494 g/mol. The van der Waals surface area contributed by atoms with Crippen LogP contribution in [0, 0.1) is 0 Å². The number of amides is 4. The predicted molar refractivity (Wildman–Crippen MR) is 121 cm³/mol. The molecule has 0 saturated heterocycles. The summed E-state index contributed by atoms with van der Waals surface area (Å²) in [5, 5.41) is 28.7. The van der Waals surface area contributed by atoms with E-state index in [4.69, 9.17) is 10.2 Å². The molecule has 0 saturated carbocycles. The summed E-state index contributed by atoms with van der Waals surface area (Å²) < 4.78 is 0. The Morgan fingerprint density at radius 1 is 0.941 bits per heavy atom. The number of rotatable bonds is 16. The van der Waals surface area contributed by atoms with E-state index in [2.05, 4.69) is 21.3 Å². The van der Waals surface area contributed by atoms with E-state index in [1.165, 1.54) is 17.8 Å². The van der Waals surface area contributed by atoms with Crippen molar-refractivity contribution in [2.24, 2.45) is 0 Å². The van der Waals surface area contributed by atoms with Crippen molar-refractivity contribution in [1.82, 2.24) is 21.3 Å². The number of aliphatic carboxylic acids is 2. The Morgan fingerprint density at radius 2 is 1.62 bits per heavy atom. The van der Waals surface area contributed by atoms with Gasteiger partial charge in [-0.1, -0.05) is 36.0 Å². The molecule has 184 valence electrons. The molecule has 0 spiro atoms. The molecular formula is C21H26N4O8S. The first kappa shape index (κ1) is 28.2. The second kappa shape index (κ2) is 15.9. The highest BCUT2D eigenvalue weighted by Crippen LogP contribution is 2.18. The van der Waals surface area contributed by atoms with Crippen molar-refractivity contribution in [2.45, 2.75) is 36.2 Å². The second-order valence-corrected chi connectivity index (χ2v) is 7.78. The smallest absolute Gasteiger partial charge is 0.305 e. The minimum Gasteiger partial charge on any atom is -0.481 e. The summed E-state index contributed by atoms with van der Waals surface area (Å²) in [4.78, 5) is 69.5. The summed E-state index contributed by atoms with van der Waals surface area (Å²) in [7, 11) is 0. The number of carboxylic acids is 2. The number of thioether (sulfide) groups is 1. The van der Waals surface area contributed by atoms with Gasteiger partial charge in [-0.3, -0.25) is 28.8 Å². The SMILES string of the molecule is O=CNCC(=O)NC(CCC(=O)O)C(=O)NCC(=O)NC(/C=C/Sc1ccccc1)CC(=O)O. The van der Waals surface area contributed by atoms with Gasteiger partial charge in [-0.25, -0.2) is 0 Å². The minimum atomic E-state index is -1.25. The van der Waals surface area contributed by atoms with Crippen LogP contribution in [0.25, 0.3) is 0 Å². The Kier molecular flexibility index (Phi) is 13.1. The largest absolute Gasteiger partial charge is 0.481 e. The molecule has 13 heteroatoms. The molecule has 0 radical (unpaired) electrons. The molecule has 1 aromatic carbocycles. The number of hydrogen-bond acceptors (Lipinski definition) is 7. The quantitative estimate of drug-likeness (QED) is 0.129. The molecule has 6 N–H and O–H groups in total. The summed E-state index contributed by atoms with van der Waals surface area (Å²) in [6.07, 6.45) is 0.761. The number of carbonyl (C=O) groups excluding carboxylic acids is 4. The van der Waals surface area contributed by atoms with Crippen LogP contribution in [0.1, 0.15) is 19.3 Å². The third kappa shape index (κ3) is 12.9. The third-order valence-electron chi connectivity index (χ3n) is 4.07. The lowest BCUT2D eigenvalue weighted by Crippen LogP contribution is -2.51. The maximum atomic E-state index is 12.4. The zero-order chi connectivity index (χ0) is 25.3. The first-order valence-electron chi connectivity index (χ1n) is 10.1. The van der Waals surface area contributed by atoms with Crippen molar-refractivity contribution in [3.05, 3.63) is 41.8 Å². The van der Waals surface area contributed by atoms with Crippen molar-refractivity contribution >= 4 is 47.8 Å². The van der Waals surface area contributed by atoms with Crippen LogP contribution in [0.15, 0.2) is 46.7 Å². The maximum Gasteiger partial charge on any atom is 0.305 e. The van der Waals surface area contributed by atoms with Crippen LogP contribution in [-0.4, -0.2) is 71.5 Å². The number of nitrogens with one attached hydrogen (secondary N) is 4. The van der Waals surface area contributed by atoms with Crippen LogP contribution in [-0.2, 0) is 28.8 Å². The van der Waals surface area contributed by atoms with Gasteiger partial charge < -0.3 is 31.5 Å². The lowest BCUT2D eigenvalue weighted by molar-refractivity contribution is -0.139. The number of carbonyl (C=O) groups is 6. The topological polar surface area (TPSA) is 191 Å². The van der Waals surface area contributed by atoms with Gasteiger partial charge in [0.25, 0.3) is 0 Å². The molecule has 1 rings (SSSR count). The van der Waals surface area contributed by atoms with E-state index in [0.29, 0.717) is 0 Å². The minimum absolute atomic E-state index is 0.239. The van der Waals surface area contributed by atoms with Gasteiger partial charge in [-0.05, 0) is 24.0 Å². The molecular weight excluding hydrogens is 468 g/mol. The Hall–Kier alpha value is -3.87. The average molecular weight is 495 g/mol. The zero-order valence-electron chi connectivity index (χ0n) is 18.1. The fraction of sp³-hybridized carbons (Fsp3) is 0.333. The molecule has 2 atom stereocenters. The van der Waals surface area contributed by atoms with Crippen molar-refractivity contribution in [1.29, 1.82) is 0 Å². The van der Waals surface area contributed by atoms with Gasteiger partial charge in [0.05, 0.1) is 25.6 Å². The van der Waals surface area contributed by atoms with E-state index in [9.17, 15) is 28.8 Å². The van der Waals surface area contributed by atoms with Crippen LogP contribution in [0.5, 0.6) is 0 Å². The summed E-state index contributed by atoms with van der Waals surface area (Å²) in [5.41, 5.74) is 0. The first-order chi connectivity index (χ1) is 16.2. The summed E-state index contributed by atoms with van der Waals surface area (Å²) >= 11 is 1.33. The van der Waals surface area contributed by atoms with E-state index in [1.54, 1.807) is 5.41 Å². The highest BCUT2D eigenvalue weighted by atomic mass is 32.2. The predicted octanol–water partition coefficient (Wildman–Crippen LogP) is -0.536. The van der Waals surface area contributed by atoms with Crippen molar-refractivity contribution in [3.8, 4) is 0 Å². The maximum absolute atomic E-state index is 12.4. The lowest BCUT2D eigenvalue weighted by atomic mass is 10.1. The summed E-state index contributed by atoms with van der Waals surface area (Å²) in [5.74, 6) is -4.53.